The van der Waals surface area contributed by atoms with Crippen LogP contribution in [0.4, 0.5) is 10.1 Å². The molecule has 0 radical (unpaired) electrons. The molecule has 0 saturated heterocycles. The van der Waals surface area contributed by atoms with Crippen molar-refractivity contribution in [3.8, 4) is 0 Å². The molecule has 2 rings (SSSR count). The number of aliphatic hydroxyl groups is 1. The second-order valence-electron chi connectivity index (χ2n) is 4.58. The second-order valence-corrected chi connectivity index (χ2v) is 4.58. The number of halogens is 1. The molecule has 0 aliphatic heterocycles. The Hall–Kier alpha value is -1.09. The van der Waals surface area contributed by atoms with Crippen molar-refractivity contribution in [1.29, 1.82) is 0 Å². The van der Waals surface area contributed by atoms with E-state index in [-0.39, 0.29) is 12.4 Å². The van der Waals surface area contributed by atoms with Gasteiger partial charge in [-0.2, -0.15) is 0 Å². The Morgan fingerprint density at radius 2 is 2.19 bits per heavy atom. The molecule has 1 aromatic rings. The predicted molar refractivity (Wildman–Crippen MR) is 62.9 cm³/mol. The van der Waals surface area contributed by atoms with Crippen molar-refractivity contribution >= 4 is 5.69 Å². The zero-order valence-corrected chi connectivity index (χ0v) is 9.62. The van der Waals surface area contributed by atoms with Crippen molar-refractivity contribution in [1.82, 2.24) is 0 Å². The molecule has 2 nitrogen and oxygen atoms in total. The summed E-state index contributed by atoms with van der Waals surface area (Å²) in [6.45, 7) is 0.774. The fourth-order valence-electron chi connectivity index (χ4n) is 2.27. The van der Waals surface area contributed by atoms with Crippen LogP contribution in [0.1, 0.15) is 24.8 Å². The normalized spacial score (nSPS) is 15.9. The average Bonchev–Trinajstić information content (AvgIpc) is 2.22. The van der Waals surface area contributed by atoms with E-state index in [1.54, 1.807) is 12.1 Å². The van der Waals surface area contributed by atoms with Crippen molar-refractivity contribution in [2.45, 2.75) is 25.9 Å². The lowest BCUT2D eigenvalue weighted by molar-refractivity contribution is 0.280. The number of hydrogen-bond donors (Lipinski definition) is 1. The van der Waals surface area contributed by atoms with Gasteiger partial charge < -0.3 is 10.0 Å². The zero-order chi connectivity index (χ0) is 11.5. The summed E-state index contributed by atoms with van der Waals surface area (Å²) in [5, 5.41) is 9.20. The SMILES string of the molecule is CN(CC1CCC1)c1c(F)cccc1CO. The molecule has 0 bridgehead atoms. The van der Waals surface area contributed by atoms with Crippen molar-refractivity contribution in [3.63, 3.8) is 0 Å². The molecule has 3 heteroatoms. The third kappa shape index (κ3) is 2.19. The van der Waals surface area contributed by atoms with Crippen LogP contribution in [-0.2, 0) is 6.61 Å². The highest BCUT2D eigenvalue weighted by molar-refractivity contribution is 5.54. The fraction of sp³-hybridized carbons (Fsp3) is 0.538. The number of rotatable bonds is 4. The van der Waals surface area contributed by atoms with Gasteiger partial charge in [-0.25, -0.2) is 4.39 Å². The molecule has 0 heterocycles. The van der Waals surface area contributed by atoms with Crippen LogP contribution in [0, 0.1) is 11.7 Å². The number of para-hydroxylation sites is 1. The summed E-state index contributed by atoms with van der Waals surface area (Å²) in [4.78, 5) is 1.94. The van der Waals surface area contributed by atoms with E-state index >= 15 is 0 Å². The Morgan fingerprint density at radius 1 is 1.44 bits per heavy atom. The largest absolute Gasteiger partial charge is 0.392 e. The minimum absolute atomic E-state index is 0.109. The van der Waals surface area contributed by atoms with Crippen LogP contribution in [0.2, 0.25) is 0 Å². The number of nitrogens with zero attached hydrogens (tertiary/aromatic N) is 1. The highest BCUT2D eigenvalue weighted by atomic mass is 19.1. The second kappa shape index (κ2) is 4.83. The lowest BCUT2D eigenvalue weighted by Crippen LogP contribution is -2.30. The van der Waals surface area contributed by atoms with Crippen molar-refractivity contribution in [2.75, 3.05) is 18.5 Å². The molecule has 1 aliphatic carbocycles. The van der Waals surface area contributed by atoms with Gasteiger partial charge in [0.1, 0.15) is 5.82 Å². The van der Waals surface area contributed by atoms with E-state index in [1.807, 2.05) is 11.9 Å². The Balaban J connectivity index is 2.16. The summed E-state index contributed by atoms with van der Waals surface area (Å²) < 4.78 is 13.7. The Labute approximate surface area is 95.7 Å². The van der Waals surface area contributed by atoms with Crippen molar-refractivity contribution in [3.05, 3.63) is 29.6 Å². The summed E-state index contributed by atoms with van der Waals surface area (Å²) in [7, 11) is 1.90. The smallest absolute Gasteiger partial charge is 0.146 e. The lowest BCUT2D eigenvalue weighted by Gasteiger charge is -2.32. The van der Waals surface area contributed by atoms with Gasteiger partial charge in [-0.05, 0) is 24.8 Å². The van der Waals surface area contributed by atoms with Crippen molar-refractivity contribution in [2.24, 2.45) is 5.92 Å². The average molecular weight is 223 g/mol. The highest BCUT2D eigenvalue weighted by Crippen LogP contribution is 2.30. The van der Waals surface area contributed by atoms with Gasteiger partial charge in [0.05, 0.1) is 12.3 Å². The molecule has 0 spiro atoms. The first-order chi connectivity index (χ1) is 7.72. The molecule has 1 N–H and O–H groups in total. The molecule has 0 atom stereocenters. The third-order valence-corrected chi connectivity index (χ3v) is 3.38. The molecule has 0 aromatic heterocycles. The first-order valence-electron chi connectivity index (χ1n) is 5.81. The maximum absolute atomic E-state index is 13.7. The highest BCUT2D eigenvalue weighted by Gasteiger charge is 2.21. The molecule has 1 fully saturated rings. The fourth-order valence-corrected chi connectivity index (χ4v) is 2.27. The van der Waals surface area contributed by atoms with Gasteiger partial charge in [-0.15, -0.1) is 0 Å². The minimum Gasteiger partial charge on any atom is -0.392 e. The standard InChI is InChI=1S/C13H18FNO/c1-15(8-10-4-2-5-10)13-11(9-16)6-3-7-12(13)14/h3,6-7,10,16H,2,4-5,8-9H2,1H3. The van der Waals surface area contributed by atoms with Gasteiger partial charge in [-0.3, -0.25) is 0 Å². The number of hydrogen-bond acceptors (Lipinski definition) is 2. The number of aliphatic hydroxyl groups excluding tert-OH is 1. The van der Waals surface area contributed by atoms with Gasteiger partial charge in [0.2, 0.25) is 0 Å². The van der Waals surface area contributed by atoms with Crippen molar-refractivity contribution < 1.29 is 9.50 Å². The maximum atomic E-state index is 13.7. The third-order valence-electron chi connectivity index (χ3n) is 3.38. The first kappa shape index (κ1) is 11.4. The van der Waals surface area contributed by atoms with Crippen LogP contribution in [0.15, 0.2) is 18.2 Å². The lowest BCUT2D eigenvalue weighted by atomic mass is 9.85. The van der Waals surface area contributed by atoms with E-state index in [4.69, 9.17) is 0 Å². The van der Waals surface area contributed by atoms with Gasteiger partial charge in [0.15, 0.2) is 0 Å². The van der Waals surface area contributed by atoms with Crippen LogP contribution in [-0.4, -0.2) is 18.7 Å². The quantitative estimate of drug-likeness (QED) is 0.848. The summed E-state index contributed by atoms with van der Waals surface area (Å²) in [6.07, 6.45) is 3.78. The van der Waals surface area contributed by atoms with Crippen LogP contribution < -0.4 is 4.90 Å². The maximum Gasteiger partial charge on any atom is 0.146 e. The number of anilines is 1. The molecule has 0 amide bonds. The topological polar surface area (TPSA) is 23.5 Å². The van der Waals surface area contributed by atoms with E-state index in [2.05, 4.69) is 0 Å². The van der Waals surface area contributed by atoms with Gasteiger partial charge in [-0.1, -0.05) is 18.6 Å². The summed E-state index contributed by atoms with van der Waals surface area (Å²) >= 11 is 0. The van der Waals surface area contributed by atoms with E-state index in [0.29, 0.717) is 17.2 Å². The molecule has 1 saturated carbocycles. The zero-order valence-electron chi connectivity index (χ0n) is 9.62. The number of benzene rings is 1. The van der Waals surface area contributed by atoms with Crippen LogP contribution >= 0.6 is 0 Å². The van der Waals surface area contributed by atoms with Gasteiger partial charge in [0.25, 0.3) is 0 Å². The van der Waals surface area contributed by atoms with E-state index in [1.165, 1.54) is 25.3 Å². The summed E-state index contributed by atoms with van der Waals surface area (Å²) in [5.74, 6) is 0.449. The van der Waals surface area contributed by atoms with Crippen LogP contribution in [0.3, 0.4) is 0 Å². The monoisotopic (exact) mass is 223 g/mol. The summed E-state index contributed by atoms with van der Waals surface area (Å²) in [5.41, 5.74) is 1.22. The molecule has 16 heavy (non-hydrogen) atoms. The Bertz CT molecular complexity index is 363. The van der Waals surface area contributed by atoms with E-state index in [0.717, 1.165) is 6.54 Å². The Kier molecular flexibility index (Phi) is 3.44. The predicted octanol–water partition coefficient (Wildman–Crippen LogP) is 2.55. The Morgan fingerprint density at radius 3 is 2.75 bits per heavy atom. The molecule has 1 aromatic carbocycles. The van der Waals surface area contributed by atoms with Crippen LogP contribution in [0.5, 0.6) is 0 Å². The molecular formula is C13H18FNO. The first-order valence-corrected chi connectivity index (χ1v) is 5.81. The molecule has 88 valence electrons. The summed E-state index contributed by atoms with van der Waals surface area (Å²) in [6, 6.07) is 4.86. The minimum atomic E-state index is -0.242. The molecule has 1 aliphatic rings. The van der Waals surface area contributed by atoms with E-state index in [9.17, 15) is 9.50 Å². The molecular weight excluding hydrogens is 205 g/mol. The van der Waals surface area contributed by atoms with Crippen LogP contribution in [0.25, 0.3) is 0 Å². The van der Waals surface area contributed by atoms with Gasteiger partial charge in [0, 0.05) is 19.2 Å². The molecule has 0 unspecified atom stereocenters. The van der Waals surface area contributed by atoms with Gasteiger partial charge >= 0.3 is 0 Å². The van der Waals surface area contributed by atoms with E-state index < -0.39 is 0 Å².